The maximum atomic E-state index is 2.00. The summed E-state index contributed by atoms with van der Waals surface area (Å²) in [5.74, 6) is 0. The van der Waals surface area contributed by atoms with Gasteiger partial charge in [-0.3, -0.25) is 0 Å². The van der Waals surface area contributed by atoms with Crippen molar-refractivity contribution in [3.63, 3.8) is 0 Å². The second kappa shape index (κ2) is 12.7. The van der Waals surface area contributed by atoms with E-state index in [9.17, 15) is 0 Å². The topological polar surface area (TPSA) is 0 Å². The van der Waals surface area contributed by atoms with Crippen LogP contribution >= 0.6 is 0 Å². The van der Waals surface area contributed by atoms with Crippen LogP contribution in [0.25, 0.3) is 0 Å². The van der Waals surface area contributed by atoms with Crippen LogP contribution in [0.4, 0.5) is 0 Å². The first-order chi connectivity index (χ1) is 8.00. The molecule has 2 aliphatic carbocycles. The molecule has 0 atom stereocenters. The van der Waals surface area contributed by atoms with Gasteiger partial charge in [-0.15, -0.1) is 0 Å². The minimum absolute atomic E-state index is 0. The molecule has 0 nitrogen and oxygen atoms in total. The Bertz CT molecular complexity index is 247. The van der Waals surface area contributed by atoms with Crippen molar-refractivity contribution in [2.24, 2.45) is 0 Å². The van der Waals surface area contributed by atoms with Crippen LogP contribution in [0.2, 0.25) is 0 Å². The zero-order valence-electron chi connectivity index (χ0n) is 9.55. The second-order valence-electron chi connectivity index (χ2n) is 3.08. The van der Waals surface area contributed by atoms with Crippen LogP contribution in [-0.2, 0) is 21.1 Å². The van der Waals surface area contributed by atoms with Crippen LogP contribution in [0.5, 0.6) is 0 Å². The molecule has 90 valence electrons. The summed E-state index contributed by atoms with van der Waals surface area (Å²) in [6.45, 7) is 0. The predicted molar refractivity (Wildman–Crippen MR) is 73.1 cm³/mol. The average molecular weight is 403 g/mol. The molecule has 2 rings (SSSR count). The molecule has 17 heavy (non-hydrogen) atoms. The smallest absolute Gasteiger partial charge is 0 e. The molecule has 2 aliphatic rings. The van der Waals surface area contributed by atoms with Gasteiger partial charge < -0.3 is 0 Å². The van der Waals surface area contributed by atoms with Crippen molar-refractivity contribution < 1.29 is 21.1 Å². The predicted octanol–water partition coefficient (Wildman–Crippen LogP) is 4.45. The van der Waals surface area contributed by atoms with Gasteiger partial charge in [-0.05, 0) is 0 Å². The summed E-state index contributed by atoms with van der Waals surface area (Å²) in [6, 6.07) is 0. The molecule has 0 saturated heterocycles. The molecule has 0 aromatic heterocycles. The molecule has 0 bridgehead atoms. The van der Waals surface area contributed by atoms with Crippen molar-refractivity contribution in [1.82, 2.24) is 0 Å². The van der Waals surface area contributed by atoms with Gasteiger partial charge in [0.2, 0.25) is 0 Å². The third kappa shape index (κ3) is 10.9. The summed E-state index contributed by atoms with van der Waals surface area (Å²) in [6.07, 6.45) is 32.0. The van der Waals surface area contributed by atoms with Gasteiger partial charge in [0.25, 0.3) is 0 Å². The fourth-order valence-electron chi connectivity index (χ4n) is 1.03. The SMILES string of the molecule is C1=C/C=C\C=C/C=C1.C1=C/C=C\C=C/C=C1.[Pt]. The second-order valence-corrected chi connectivity index (χ2v) is 3.08. The van der Waals surface area contributed by atoms with E-state index < -0.39 is 0 Å². The molecular weight excluding hydrogens is 387 g/mol. The zero-order valence-corrected chi connectivity index (χ0v) is 11.8. The number of hydrogen-bond donors (Lipinski definition) is 0. The summed E-state index contributed by atoms with van der Waals surface area (Å²) in [4.78, 5) is 0. The van der Waals surface area contributed by atoms with E-state index in [1.807, 2.05) is 97.2 Å². The Hall–Kier alpha value is -1.39. The molecule has 0 aliphatic heterocycles. The number of allylic oxidation sites excluding steroid dienone is 16. The molecule has 0 heterocycles. The Morgan fingerprint density at radius 2 is 0.235 bits per heavy atom. The summed E-state index contributed by atoms with van der Waals surface area (Å²) < 4.78 is 0. The van der Waals surface area contributed by atoms with Gasteiger partial charge in [0.15, 0.2) is 0 Å². The van der Waals surface area contributed by atoms with Crippen LogP contribution < -0.4 is 0 Å². The maximum absolute atomic E-state index is 2.00. The van der Waals surface area contributed by atoms with E-state index in [0.29, 0.717) is 0 Å². The van der Waals surface area contributed by atoms with E-state index in [2.05, 4.69) is 0 Å². The first-order valence-electron chi connectivity index (χ1n) is 5.33. The Labute approximate surface area is 118 Å². The first kappa shape index (κ1) is 15.6. The Balaban J connectivity index is 0.000000284. The summed E-state index contributed by atoms with van der Waals surface area (Å²) in [5, 5.41) is 0. The molecule has 0 aromatic carbocycles. The minimum atomic E-state index is 0. The van der Waals surface area contributed by atoms with E-state index in [4.69, 9.17) is 0 Å². The van der Waals surface area contributed by atoms with Gasteiger partial charge >= 0.3 is 0 Å². The van der Waals surface area contributed by atoms with Crippen LogP contribution in [-0.4, -0.2) is 0 Å². The Kier molecular flexibility index (Phi) is 11.6. The molecule has 0 N–H and O–H groups in total. The largest absolute Gasteiger partial charge is 0.0623 e. The van der Waals surface area contributed by atoms with Gasteiger partial charge in [0.05, 0.1) is 0 Å². The Morgan fingerprint density at radius 3 is 0.294 bits per heavy atom. The van der Waals surface area contributed by atoms with Crippen LogP contribution in [0.3, 0.4) is 0 Å². The summed E-state index contributed by atoms with van der Waals surface area (Å²) in [5.41, 5.74) is 0. The van der Waals surface area contributed by atoms with Crippen molar-refractivity contribution in [1.29, 1.82) is 0 Å². The van der Waals surface area contributed by atoms with Crippen LogP contribution in [0.1, 0.15) is 0 Å². The molecule has 1 heteroatoms. The molecule has 0 fully saturated rings. The van der Waals surface area contributed by atoms with Gasteiger partial charge in [0.1, 0.15) is 0 Å². The fourth-order valence-corrected chi connectivity index (χ4v) is 1.03. The fraction of sp³-hybridized carbons (Fsp3) is 0. The van der Waals surface area contributed by atoms with E-state index >= 15 is 0 Å². The van der Waals surface area contributed by atoms with E-state index in [1.54, 1.807) is 0 Å². The van der Waals surface area contributed by atoms with Crippen molar-refractivity contribution in [2.75, 3.05) is 0 Å². The van der Waals surface area contributed by atoms with Gasteiger partial charge in [0, 0.05) is 21.1 Å². The molecule has 0 unspecified atom stereocenters. The molecule has 0 saturated carbocycles. The zero-order chi connectivity index (χ0) is 11.3. The monoisotopic (exact) mass is 403 g/mol. The third-order valence-corrected chi connectivity index (χ3v) is 1.78. The van der Waals surface area contributed by atoms with E-state index in [1.165, 1.54) is 0 Å². The first-order valence-corrected chi connectivity index (χ1v) is 5.33. The number of rotatable bonds is 0. The standard InChI is InChI=1S/2C8H8.Pt/c2*1-2-4-6-8-7-5-3-1;/h2*1-8H;/b2*2-1-,3-1?,4-2?,5-3-,6-4?,7-5?,8-6?,8-7?;. The molecule has 0 amide bonds. The number of hydrogen-bond acceptors (Lipinski definition) is 0. The Morgan fingerprint density at radius 1 is 0.176 bits per heavy atom. The molecular formula is C16H16Pt. The average Bonchev–Trinajstić information content (AvgIpc) is 2.15. The van der Waals surface area contributed by atoms with Crippen molar-refractivity contribution in [3.8, 4) is 0 Å². The van der Waals surface area contributed by atoms with Crippen LogP contribution in [0, 0.1) is 0 Å². The summed E-state index contributed by atoms with van der Waals surface area (Å²) >= 11 is 0. The molecule has 0 spiro atoms. The molecule has 0 radical (unpaired) electrons. The van der Waals surface area contributed by atoms with Crippen molar-refractivity contribution in [3.05, 3.63) is 97.2 Å². The molecule has 0 aromatic rings. The van der Waals surface area contributed by atoms with Crippen molar-refractivity contribution in [2.45, 2.75) is 0 Å². The van der Waals surface area contributed by atoms with Crippen LogP contribution in [0.15, 0.2) is 97.2 Å². The third-order valence-electron chi connectivity index (χ3n) is 1.78. The summed E-state index contributed by atoms with van der Waals surface area (Å²) in [7, 11) is 0. The quantitative estimate of drug-likeness (QED) is 0.561. The van der Waals surface area contributed by atoms with Crippen molar-refractivity contribution >= 4 is 0 Å². The minimum Gasteiger partial charge on any atom is -0.0623 e. The van der Waals surface area contributed by atoms with Gasteiger partial charge in [-0.2, -0.15) is 0 Å². The normalized spacial score (nSPS) is 22.6. The van der Waals surface area contributed by atoms with E-state index in [0.717, 1.165) is 0 Å². The van der Waals surface area contributed by atoms with E-state index in [-0.39, 0.29) is 21.1 Å². The van der Waals surface area contributed by atoms with Gasteiger partial charge in [-0.25, -0.2) is 0 Å². The maximum Gasteiger partial charge on any atom is 0 e. The van der Waals surface area contributed by atoms with Gasteiger partial charge in [-0.1, -0.05) is 97.2 Å².